The van der Waals surface area contributed by atoms with Gasteiger partial charge < -0.3 is 0 Å². The Kier molecular flexibility index (Phi) is 10.3. The predicted molar refractivity (Wildman–Crippen MR) is 210 cm³/mol. The molecule has 0 heteroatoms. The van der Waals surface area contributed by atoms with E-state index in [1.54, 1.807) is 103 Å². The first-order valence-corrected chi connectivity index (χ1v) is 23.6. The summed E-state index contributed by atoms with van der Waals surface area (Å²) >= 11 is 0. The fourth-order valence-electron chi connectivity index (χ4n) is 18.7. The zero-order valence-electron chi connectivity index (χ0n) is 34.2. The molecule has 0 nitrogen and oxygen atoms in total. The highest BCUT2D eigenvalue weighted by atomic mass is 14.8. The minimum atomic E-state index is 0.486. The monoisotopic (exact) mass is 673 g/mol. The molecule has 0 N–H and O–H groups in total. The lowest BCUT2D eigenvalue weighted by atomic mass is 9.47. The van der Waals surface area contributed by atoms with Crippen molar-refractivity contribution < 1.29 is 0 Å². The van der Waals surface area contributed by atoms with Gasteiger partial charge in [0.2, 0.25) is 0 Å². The summed E-state index contributed by atoms with van der Waals surface area (Å²) in [5.74, 6) is 19.0. The second kappa shape index (κ2) is 14.0. The van der Waals surface area contributed by atoms with Crippen LogP contribution in [-0.2, 0) is 0 Å². The zero-order valence-corrected chi connectivity index (χ0v) is 34.2. The molecule has 8 fully saturated rings. The lowest BCUT2D eigenvalue weighted by Crippen LogP contribution is -2.50. The maximum Gasteiger partial charge on any atom is -0.0230 e. The van der Waals surface area contributed by atoms with Crippen LogP contribution in [0.15, 0.2) is 0 Å². The molecule has 8 rings (SSSR count). The minimum Gasteiger partial charge on any atom is -0.0651 e. The molecule has 0 aliphatic heterocycles. The third-order valence-corrected chi connectivity index (χ3v) is 20.0. The molecule has 49 heavy (non-hydrogen) atoms. The third kappa shape index (κ3) is 5.92. The van der Waals surface area contributed by atoms with E-state index in [1.165, 1.54) is 32.1 Å². The van der Waals surface area contributed by atoms with Crippen LogP contribution in [0.1, 0.15) is 190 Å². The van der Waals surface area contributed by atoms with E-state index in [0.29, 0.717) is 10.8 Å². The molecule has 0 aromatic rings. The summed E-state index contributed by atoms with van der Waals surface area (Å²) in [4.78, 5) is 0. The van der Waals surface area contributed by atoms with Gasteiger partial charge in [-0.05, 0) is 194 Å². The fraction of sp³-hybridized carbons (Fsp3) is 1.00. The second-order valence-electron chi connectivity index (χ2n) is 22.5. The first kappa shape index (κ1) is 36.0. The lowest BCUT2D eigenvalue weighted by Gasteiger charge is -2.58. The SMILES string of the molecule is CCC(CC)C1CC2(CC(C(CC)CC)C1C)C1CCC3C(CC(C)(C)C)CCCC3C1C1C3C(CCC12)CC1CCC2CCCCC2C13. The standard InChI is InChI=1S/C49H84/c1-9-31(10-2)40-28-49(29-41(30(40)5)32(11-3)12-4)42-25-23-37-36(27-48(6,7)8)17-15-19-39(37)46(42)47-43(49)24-22-35-26-34-21-20-33-16-13-14-18-38(33)44(34)45(35)47/h30-47H,9-29H2,1-8H3. The maximum absolute atomic E-state index is 2.79. The Labute approximate surface area is 306 Å². The lowest BCUT2D eigenvalue weighted by molar-refractivity contribution is -0.0897. The van der Waals surface area contributed by atoms with E-state index in [2.05, 4.69) is 55.4 Å². The summed E-state index contributed by atoms with van der Waals surface area (Å²) in [6.45, 7) is 20.8. The average Bonchev–Trinajstić information content (AvgIpc) is 3.61. The van der Waals surface area contributed by atoms with Crippen molar-refractivity contribution in [3.63, 3.8) is 0 Å². The fourth-order valence-corrected chi connectivity index (χ4v) is 18.7. The molecule has 0 heterocycles. The van der Waals surface area contributed by atoms with E-state index >= 15 is 0 Å². The number of hydrogen-bond donors (Lipinski definition) is 0. The smallest absolute Gasteiger partial charge is 0.0230 e. The Balaban J connectivity index is 1.24. The van der Waals surface area contributed by atoms with Crippen molar-refractivity contribution in [3.8, 4) is 0 Å². The topological polar surface area (TPSA) is 0 Å². The van der Waals surface area contributed by atoms with Crippen molar-refractivity contribution >= 4 is 0 Å². The summed E-state index contributed by atoms with van der Waals surface area (Å²) in [6, 6.07) is 0. The van der Waals surface area contributed by atoms with Crippen molar-refractivity contribution in [2.45, 2.75) is 190 Å². The van der Waals surface area contributed by atoms with Gasteiger partial charge in [0, 0.05) is 0 Å². The van der Waals surface area contributed by atoms with Gasteiger partial charge in [-0.1, -0.05) is 113 Å². The Morgan fingerprint density at radius 1 is 0.531 bits per heavy atom. The van der Waals surface area contributed by atoms with Gasteiger partial charge in [-0.3, -0.25) is 0 Å². The second-order valence-corrected chi connectivity index (χ2v) is 22.5. The molecule has 1 spiro atoms. The van der Waals surface area contributed by atoms with E-state index in [-0.39, 0.29) is 0 Å². The molecule has 0 radical (unpaired) electrons. The van der Waals surface area contributed by atoms with Gasteiger partial charge in [-0.2, -0.15) is 0 Å². The molecule has 0 saturated heterocycles. The summed E-state index contributed by atoms with van der Waals surface area (Å²) in [6.07, 6.45) is 33.0. The van der Waals surface area contributed by atoms with Gasteiger partial charge in [0.05, 0.1) is 0 Å². The Bertz CT molecular complexity index is 1080. The van der Waals surface area contributed by atoms with Crippen LogP contribution in [0.2, 0.25) is 0 Å². The van der Waals surface area contributed by atoms with Crippen LogP contribution in [0.3, 0.4) is 0 Å². The van der Waals surface area contributed by atoms with Crippen LogP contribution in [0.25, 0.3) is 0 Å². The van der Waals surface area contributed by atoms with Crippen molar-refractivity contribution in [1.29, 1.82) is 0 Å². The number of rotatable bonds is 7. The van der Waals surface area contributed by atoms with Crippen LogP contribution in [0.5, 0.6) is 0 Å². The third-order valence-electron chi connectivity index (χ3n) is 20.0. The van der Waals surface area contributed by atoms with Gasteiger partial charge in [0.15, 0.2) is 0 Å². The summed E-state index contributed by atoms with van der Waals surface area (Å²) in [7, 11) is 0. The highest BCUT2D eigenvalue weighted by Gasteiger charge is 2.70. The first-order chi connectivity index (χ1) is 23.6. The van der Waals surface area contributed by atoms with Crippen molar-refractivity contribution in [2.24, 2.45) is 117 Å². The van der Waals surface area contributed by atoms with Gasteiger partial charge in [-0.25, -0.2) is 0 Å². The van der Waals surface area contributed by atoms with E-state index in [1.807, 2.05) is 0 Å². The normalized spacial score (nSPS) is 50.8. The Morgan fingerprint density at radius 2 is 1.10 bits per heavy atom. The quantitative estimate of drug-likeness (QED) is 0.252. The van der Waals surface area contributed by atoms with Crippen LogP contribution in [0, 0.1) is 117 Å². The van der Waals surface area contributed by atoms with Crippen LogP contribution in [-0.4, -0.2) is 0 Å². The van der Waals surface area contributed by atoms with Crippen molar-refractivity contribution in [2.75, 3.05) is 0 Å². The molecular formula is C49H84. The van der Waals surface area contributed by atoms with Crippen LogP contribution < -0.4 is 0 Å². The van der Waals surface area contributed by atoms with Gasteiger partial charge in [0.25, 0.3) is 0 Å². The highest BCUT2D eigenvalue weighted by Crippen LogP contribution is 2.77. The Hall–Kier alpha value is 0. The van der Waals surface area contributed by atoms with E-state index in [4.69, 9.17) is 0 Å². The molecule has 15 atom stereocenters. The molecule has 0 amide bonds. The molecule has 0 aromatic heterocycles. The van der Waals surface area contributed by atoms with Crippen LogP contribution >= 0.6 is 0 Å². The van der Waals surface area contributed by atoms with E-state index in [0.717, 1.165) is 107 Å². The summed E-state index contributed by atoms with van der Waals surface area (Å²) < 4.78 is 0. The van der Waals surface area contributed by atoms with Crippen LogP contribution in [0.4, 0.5) is 0 Å². The minimum absolute atomic E-state index is 0.486. The van der Waals surface area contributed by atoms with Crippen molar-refractivity contribution in [3.05, 3.63) is 0 Å². The largest absolute Gasteiger partial charge is 0.0651 e. The maximum atomic E-state index is 2.79. The highest BCUT2D eigenvalue weighted by molar-refractivity contribution is 5.19. The van der Waals surface area contributed by atoms with E-state index < -0.39 is 0 Å². The molecule has 8 aliphatic carbocycles. The van der Waals surface area contributed by atoms with Crippen molar-refractivity contribution in [1.82, 2.24) is 0 Å². The molecule has 0 bridgehead atoms. The molecular weight excluding hydrogens is 589 g/mol. The summed E-state index contributed by atoms with van der Waals surface area (Å²) in [5.41, 5.74) is 1.16. The molecule has 0 aromatic carbocycles. The predicted octanol–water partition coefficient (Wildman–Crippen LogP) is 14.5. The summed E-state index contributed by atoms with van der Waals surface area (Å²) in [5, 5.41) is 0. The zero-order chi connectivity index (χ0) is 34.2. The van der Waals surface area contributed by atoms with Gasteiger partial charge >= 0.3 is 0 Å². The Morgan fingerprint density at radius 3 is 1.78 bits per heavy atom. The molecule has 8 saturated carbocycles. The average molecular weight is 673 g/mol. The first-order valence-electron chi connectivity index (χ1n) is 23.6. The van der Waals surface area contributed by atoms with E-state index in [9.17, 15) is 0 Å². The van der Waals surface area contributed by atoms with Gasteiger partial charge in [-0.15, -0.1) is 0 Å². The van der Waals surface area contributed by atoms with Gasteiger partial charge in [0.1, 0.15) is 0 Å². The molecule has 15 unspecified atom stereocenters. The number of hydrogen-bond acceptors (Lipinski definition) is 0. The number of fused-ring (bicyclic) bond motifs is 13. The molecule has 280 valence electrons. The molecule has 8 aliphatic rings.